The van der Waals surface area contributed by atoms with E-state index in [1.54, 1.807) is 13.3 Å². The number of aryl methyl sites for hydroxylation is 1. The van der Waals surface area contributed by atoms with E-state index in [1.165, 1.54) is 11.1 Å². The van der Waals surface area contributed by atoms with Gasteiger partial charge in [0.1, 0.15) is 0 Å². The van der Waals surface area contributed by atoms with Crippen molar-refractivity contribution in [2.75, 3.05) is 20.2 Å². The number of ether oxygens (including phenoxy) is 1. The molecule has 1 aromatic carbocycles. The molecule has 2 aromatic rings. The van der Waals surface area contributed by atoms with Gasteiger partial charge in [-0.2, -0.15) is 0 Å². The molecule has 0 aliphatic heterocycles. The van der Waals surface area contributed by atoms with Crippen molar-refractivity contribution in [1.29, 1.82) is 0 Å². The summed E-state index contributed by atoms with van der Waals surface area (Å²) >= 11 is 0. The van der Waals surface area contributed by atoms with Crippen LogP contribution in [0.1, 0.15) is 36.5 Å². The lowest BCUT2D eigenvalue weighted by Gasteiger charge is -2.16. The minimum atomic E-state index is 0.408. The minimum Gasteiger partial charge on any atom is -0.481 e. The van der Waals surface area contributed by atoms with Crippen LogP contribution in [0.4, 0.5) is 0 Å². The molecule has 0 radical (unpaired) electrons. The van der Waals surface area contributed by atoms with Crippen molar-refractivity contribution in [2.45, 2.75) is 33.2 Å². The first-order valence-corrected chi connectivity index (χ1v) is 8.70. The summed E-state index contributed by atoms with van der Waals surface area (Å²) in [5.41, 5.74) is 3.68. The van der Waals surface area contributed by atoms with Crippen LogP contribution in [0.3, 0.4) is 0 Å². The molecule has 25 heavy (non-hydrogen) atoms. The average molecular weight is 340 g/mol. The Morgan fingerprint density at radius 1 is 1.20 bits per heavy atom. The van der Waals surface area contributed by atoms with Crippen LogP contribution in [-0.2, 0) is 6.54 Å². The van der Waals surface area contributed by atoms with E-state index in [1.807, 2.05) is 12.1 Å². The van der Waals surface area contributed by atoms with Gasteiger partial charge in [0.05, 0.1) is 13.7 Å². The van der Waals surface area contributed by atoms with E-state index in [0.717, 1.165) is 24.6 Å². The summed E-state index contributed by atoms with van der Waals surface area (Å²) in [7, 11) is 1.62. The van der Waals surface area contributed by atoms with Crippen molar-refractivity contribution in [2.24, 2.45) is 4.99 Å². The molecule has 0 aliphatic carbocycles. The predicted octanol–water partition coefficient (Wildman–Crippen LogP) is 3.26. The Morgan fingerprint density at radius 3 is 2.64 bits per heavy atom. The molecule has 1 atom stereocenters. The lowest BCUT2D eigenvalue weighted by molar-refractivity contribution is 0.397. The number of methoxy groups -OCH3 is 1. The first kappa shape index (κ1) is 18.8. The Labute approximate surface area is 150 Å². The highest BCUT2D eigenvalue weighted by molar-refractivity contribution is 5.79. The Balaban J connectivity index is 1.95. The van der Waals surface area contributed by atoms with Crippen LogP contribution in [0.15, 0.2) is 47.6 Å². The maximum atomic E-state index is 5.15. The van der Waals surface area contributed by atoms with Gasteiger partial charge in [-0.05, 0) is 37.0 Å². The van der Waals surface area contributed by atoms with Crippen LogP contribution in [0.25, 0.3) is 0 Å². The molecule has 1 unspecified atom stereocenters. The molecule has 2 N–H and O–H groups in total. The van der Waals surface area contributed by atoms with E-state index >= 15 is 0 Å². The number of benzene rings is 1. The third kappa shape index (κ3) is 6.10. The van der Waals surface area contributed by atoms with Crippen LogP contribution in [0, 0.1) is 6.92 Å². The zero-order valence-corrected chi connectivity index (χ0v) is 15.5. The molecule has 0 fully saturated rings. The number of hydrogen-bond acceptors (Lipinski definition) is 3. The second kappa shape index (κ2) is 9.67. The van der Waals surface area contributed by atoms with Crippen molar-refractivity contribution in [3.8, 4) is 5.88 Å². The first-order chi connectivity index (χ1) is 12.1. The number of nitrogens with one attached hydrogen (secondary N) is 2. The summed E-state index contributed by atoms with van der Waals surface area (Å²) < 4.78 is 5.15. The molecule has 5 nitrogen and oxygen atoms in total. The third-order valence-corrected chi connectivity index (χ3v) is 3.99. The Hall–Kier alpha value is -2.56. The summed E-state index contributed by atoms with van der Waals surface area (Å²) in [6, 6.07) is 12.5. The molecule has 0 spiro atoms. The Kier molecular flexibility index (Phi) is 7.26. The molecule has 0 aliphatic rings. The third-order valence-electron chi connectivity index (χ3n) is 3.99. The number of pyridine rings is 1. The van der Waals surface area contributed by atoms with Crippen molar-refractivity contribution in [1.82, 2.24) is 15.6 Å². The molecule has 0 saturated carbocycles. The van der Waals surface area contributed by atoms with Crippen molar-refractivity contribution in [3.05, 3.63) is 59.3 Å². The van der Waals surface area contributed by atoms with E-state index in [9.17, 15) is 0 Å². The maximum absolute atomic E-state index is 5.15. The van der Waals surface area contributed by atoms with E-state index in [4.69, 9.17) is 4.74 Å². The fraction of sp³-hybridized carbons (Fsp3) is 0.400. The average Bonchev–Trinajstić information content (AvgIpc) is 2.64. The van der Waals surface area contributed by atoms with Gasteiger partial charge in [0, 0.05) is 25.4 Å². The number of hydrogen-bond donors (Lipinski definition) is 2. The Morgan fingerprint density at radius 2 is 1.96 bits per heavy atom. The van der Waals surface area contributed by atoms with Gasteiger partial charge in [0.25, 0.3) is 0 Å². The van der Waals surface area contributed by atoms with E-state index in [2.05, 4.69) is 65.6 Å². The van der Waals surface area contributed by atoms with Gasteiger partial charge >= 0.3 is 0 Å². The topological polar surface area (TPSA) is 58.5 Å². The van der Waals surface area contributed by atoms with E-state index in [0.29, 0.717) is 18.3 Å². The van der Waals surface area contributed by atoms with Crippen LogP contribution >= 0.6 is 0 Å². The second-order valence-corrected chi connectivity index (χ2v) is 6.09. The van der Waals surface area contributed by atoms with E-state index < -0.39 is 0 Å². The maximum Gasteiger partial charge on any atom is 0.213 e. The SMILES string of the molecule is CCNC(=NCc1ccnc(OC)c1)NCC(C)c1ccc(C)cc1. The van der Waals surface area contributed by atoms with Crippen molar-refractivity contribution >= 4 is 5.96 Å². The van der Waals surface area contributed by atoms with Gasteiger partial charge < -0.3 is 15.4 Å². The monoisotopic (exact) mass is 340 g/mol. The number of guanidine groups is 1. The van der Waals surface area contributed by atoms with Gasteiger partial charge in [0.2, 0.25) is 5.88 Å². The molecule has 1 aromatic heterocycles. The number of nitrogens with zero attached hydrogens (tertiary/aromatic N) is 2. The second-order valence-electron chi connectivity index (χ2n) is 6.09. The van der Waals surface area contributed by atoms with Gasteiger partial charge in [-0.3, -0.25) is 0 Å². The zero-order valence-electron chi connectivity index (χ0n) is 15.5. The number of rotatable bonds is 7. The molecule has 5 heteroatoms. The highest BCUT2D eigenvalue weighted by Crippen LogP contribution is 2.14. The summed E-state index contributed by atoms with van der Waals surface area (Å²) in [4.78, 5) is 8.77. The lowest BCUT2D eigenvalue weighted by atomic mass is 10.0. The Bertz CT molecular complexity index is 682. The lowest BCUT2D eigenvalue weighted by Crippen LogP contribution is -2.39. The summed E-state index contributed by atoms with van der Waals surface area (Å²) in [5, 5.41) is 6.71. The summed E-state index contributed by atoms with van der Waals surface area (Å²) in [6.45, 7) is 8.62. The summed E-state index contributed by atoms with van der Waals surface area (Å²) in [6.07, 6.45) is 1.74. The fourth-order valence-electron chi connectivity index (χ4n) is 2.44. The van der Waals surface area contributed by atoms with Gasteiger partial charge in [0.15, 0.2) is 5.96 Å². The molecule has 0 amide bonds. The van der Waals surface area contributed by atoms with Crippen LogP contribution < -0.4 is 15.4 Å². The molecule has 0 bridgehead atoms. The van der Waals surface area contributed by atoms with Crippen LogP contribution in [0.2, 0.25) is 0 Å². The van der Waals surface area contributed by atoms with Gasteiger partial charge in [-0.1, -0.05) is 36.8 Å². The fourth-order valence-corrected chi connectivity index (χ4v) is 2.44. The van der Waals surface area contributed by atoms with Crippen LogP contribution in [-0.4, -0.2) is 31.1 Å². The van der Waals surface area contributed by atoms with Crippen molar-refractivity contribution in [3.63, 3.8) is 0 Å². The molecule has 1 heterocycles. The molecule has 0 saturated heterocycles. The number of aromatic nitrogens is 1. The highest BCUT2D eigenvalue weighted by atomic mass is 16.5. The van der Waals surface area contributed by atoms with Gasteiger partial charge in [-0.25, -0.2) is 9.98 Å². The smallest absolute Gasteiger partial charge is 0.213 e. The first-order valence-electron chi connectivity index (χ1n) is 8.70. The molecular weight excluding hydrogens is 312 g/mol. The van der Waals surface area contributed by atoms with E-state index in [-0.39, 0.29) is 0 Å². The summed E-state index contributed by atoms with van der Waals surface area (Å²) in [5.74, 6) is 1.83. The van der Waals surface area contributed by atoms with Crippen LogP contribution in [0.5, 0.6) is 5.88 Å². The predicted molar refractivity (Wildman–Crippen MR) is 103 cm³/mol. The highest BCUT2D eigenvalue weighted by Gasteiger charge is 2.06. The standard InChI is InChI=1S/C20H28N4O/c1-5-21-20(24-14-17-10-11-22-19(12-17)25-4)23-13-16(3)18-8-6-15(2)7-9-18/h6-12,16H,5,13-14H2,1-4H3,(H2,21,23,24). The van der Waals surface area contributed by atoms with Crippen molar-refractivity contribution < 1.29 is 4.74 Å². The zero-order chi connectivity index (χ0) is 18.1. The molecule has 2 rings (SSSR count). The quantitative estimate of drug-likeness (QED) is 0.600. The molecule has 134 valence electrons. The number of aliphatic imine (C=N–C) groups is 1. The normalized spacial score (nSPS) is 12.6. The molecular formula is C20H28N4O. The van der Waals surface area contributed by atoms with Gasteiger partial charge in [-0.15, -0.1) is 0 Å². The largest absolute Gasteiger partial charge is 0.481 e. The minimum absolute atomic E-state index is 0.408.